The Morgan fingerprint density at radius 2 is 1.96 bits per heavy atom. The van der Waals surface area contributed by atoms with E-state index in [1.807, 2.05) is 0 Å². The predicted octanol–water partition coefficient (Wildman–Crippen LogP) is 3.26. The lowest BCUT2D eigenvalue weighted by molar-refractivity contribution is -0.143. The van der Waals surface area contributed by atoms with Gasteiger partial charge in [-0.3, -0.25) is 19.4 Å². The fourth-order valence-corrected chi connectivity index (χ4v) is 2.50. The van der Waals surface area contributed by atoms with Crippen molar-refractivity contribution >= 4 is 18.2 Å². The van der Waals surface area contributed by atoms with Crippen molar-refractivity contribution in [1.82, 2.24) is 10.3 Å². The molecule has 9 heteroatoms. The van der Waals surface area contributed by atoms with Gasteiger partial charge in [-0.1, -0.05) is 18.2 Å². The van der Waals surface area contributed by atoms with Crippen molar-refractivity contribution in [1.29, 1.82) is 0 Å². The van der Waals surface area contributed by atoms with Crippen molar-refractivity contribution < 1.29 is 32.3 Å². The third kappa shape index (κ3) is 5.15. The van der Waals surface area contributed by atoms with Crippen LogP contribution in [0.5, 0.6) is 0 Å². The van der Waals surface area contributed by atoms with Gasteiger partial charge in [0, 0.05) is 29.4 Å². The molecule has 28 heavy (non-hydrogen) atoms. The minimum atomic E-state index is -4.66. The molecule has 2 aromatic rings. The molecule has 148 valence electrons. The first-order valence-corrected chi connectivity index (χ1v) is 8.33. The molecule has 1 aromatic carbocycles. The number of aldehydes is 1. The number of ether oxygens (including phenoxy) is 1. The lowest BCUT2D eigenvalue weighted by Gasteiger charge is -2.15. The smallest absolute Gasteiger partial charge is 0.417 e. The lowest BCUT2D eigenvalue weighted by Crippen LogP contribution is -2.27. The van der Waals surface area contributed by atoms with E-state index in [2.05, 4.69) is 10.3 Å². The molecule has 0 aliphatic rings. The van der Waals surface area contributed by atoms with Gasteiger partial charge in [-0.05, 0) is 19.1 Å². The van der Waals surface area contributed by atoms with Crippen molar-refractivity contribution in [2.75, 3.05) is 13.2 Å². The normalized spacial score (nSPS) is 11.0. The third-order valence-corrected chi connectivity index (χ3v) is 3.73. The van der Waals surface area contributed by atoms with Gasteiger partial charge in [-0.25, -0.2) is 0 Å². The number of amides is 1. The minimum Gasteiger partial charge on any atom is -0.466 e. The van der Waals surface area contributed by atoms with E-state index >= 15 is 0 Å². The lowest BCUT2D eigenvalue weighted by atomic mass is 9.95. The summed E-state index contributed by atoms with van der Waals surface area (Å²) in [6, 6.07) is 5.82. The van der Waals surface area contributed by atoms with Crippen molar-refractivity contribution in [2.45, 2.75) is 19.5 Å². The second-order valence-corrected chi connectivity index (χ2v) is 5.63. The molecule has 1 N–H and O–H groups in total. The molecule has 0 bridgehead atoms. The van der Waals surface area contributed by atoms with Gasteiger partial charge in [0.05, 0.1) is 18.6 Å². The predicted molar refractivity (Wildman–Crippen MR) is 93.6 cm³/mol. The molecule has 0 saturated carbocycles. The quantitative estimate of drug-likeness (QED) is 0.576. The van der Waals surface area contributed by atoms with E-state index < -0.39 is 23.6 Å². The molecule has 0 atom stereocenters. The number of hydrogen-bond donors (Lipinski definition) is 1. The van der Waals surface area contributed by atoms with Gasteiger partial charge >= 0.3 is 12.1 Å². The van der Waals surface area contributed by atoms with E-state index in [1.54, 1.807) is 6.92 Å². The number of halogens is 3. The van der Waals surface area contributed by atoms with E-state index in [0.717, 1.165) is 18.3 Å². The van der Waals surface area contributed by atoms with Crippen molar-refractivity contribution in [2.24, 2.45) is 0 Å². The van der Waals surface area contributed by atoms with Crippen molar-refractivity contribution in [3.05, 3.63) is 53.3 Å². The summed E-state index contributed by atoms with van der Waals surface area (Å²) in [6.07, 6.45) is -3.24. The molecule has 1 aromatic heterocycles. The summed E-state index contributed by atoms with van der Waals surface area (Å²) >= 11 is 0. The largest absolute Gasteiger partial charge is 0.466 e. The number of carbonyl (C=O) groups is 3. The molecule has 2 rings (SSSR count). The highest BCUT2D eigenvalue weighted by Gasteiger charge is 2.34. The summed E-state index contributed by atoms with van der Waals surface area (Å²) in [5.41, 5.74) is -1.39. The van der Waals surface area contributed by atoms with E-state index in [4.69, 9.17) is 4.74 Å². The monoisotopic (exact) mass is 394 g/mol. The van der Waals surface area contributed by atoms with Crippen LogP contribution in [0, 0.1) is 0 Å². The summed E-state index contributed by atoms with van der Waals surface area (Å²) in [5.74, 6) is -1.05. The highest BCUT2D eigenvalue weighted by atomic mass is 19.4. The SMILES string of the molecule is CCOC(=O)CCNC(=O)c1ccc(-c2c(C=O)cccc2C(F)(F)F)cn1. The number of carbonyl (C=O) groups excluding carboxylic acids is 3. The summed E-state index contributed by atoms with van der Waals surface area (Å²) in [5, 5.41) is 2.47. The van der Waals surface area contributed by atoms with E-state index in [0.29, 0.717) is 6.29 Å². The maximum atomic E-state index is 13.3. The Morgan fingerprint density at radius 1 is 1.21 bits per heavy atom. The van der Waals surface area contributed by atoms with Gasteiger partial charge in [0.25, 0.3) is 5.91 Å². The fourth-order valence-electron chi connectivity index (χ4n) is 2.50. The number of benzene rings is 1. The number of nitrogens with one attached hydrogen (secondary N) is 1. The first-order chi connectivity index (χ1) is 13.3. The molecule has 0 aliphatic carbocycles. The number of nitrogens with zero attached hydrogens (tertiary/aromatic N) is 1. The number of esters is 1. The van der Waals surface area contributed by atoms with Crippen LogP contribution in [-0.2, 0) is 15.7 Å². The van der Waals surface area contributed by atoms with E-state index in [-0.39, 0.29) is 42.0 Å². The molecule has 0 aliphatic heterocycles. The van der Waals surface area contributed by atoms with Crippen molar-refractivity contribution in [3.8, 4) is 11.1 Å². The molecule has 0 unspecified atom stereocenters. The zero-order valence-electron chi connectivity index (χ0n) is 14.9. The zero-order valence-corrected chi connectivity index (χ0v) is 14.9. The highest BCUT2D eigenvalue weighted by Crippen LogP contribution is 2.38. The molecular formula is C19H17F3N2O4. The molecule has 1 amide bonds. The van der Waals surface area contributed by atoms with E-state index in [9.17, 15) is 27.6 Å². The summed E-state index contributed by atoms with van der Waals surface area (Å²) in [6.45, 7) is 1.93. The van der Waals surface area contributed by atoms with Gasteiger partial charge in [0.2, 0.25) is 0 Å². The first kappa shape index (κ1) is 21.1. The molecular weight excluding hydrogens is 377 g/mol. The van der Waals surface area contributed by atoms with Gasteiger partial charge in [0.1, 0.15) is 5.69 Å². The topological polar surface area (TPSA) is 85.4 Å². The summed E-state index contributed by atoms with van der Waals surface area (Å²) in [4.78, 5) is 38.3. The number of aromatic nitrogens is 1. The average Bonchev–Trinajstić information content (AvgIpc) is 2.67. The van der Waals surface area contributed by atoms with Crippen molar-refractivity contribution in [3.63, 3.8) is 0 Å². The Labute approximate surface area is 158 Å². The van der Waals surface area contributed by atoms with Gasteiger partial charge in [-0.15, -0.1) is 0 Å². The maximum absolute atomic E-state index is 13.3. The molecule has 0 saturated heterocycles. The van der Waals surface area contributed by atoms with Crippen LogP contribution in [0.15, 0.2) is 36.5 Å². The first-order valence-electron chi connectivity index (χ1n) is 8.33. The fraction of sp³-hybridized carbons (Fsp3) is 0.263. The molecule has 0 radical (unpaired) electrons. The van der Waals surface area contributed by atoms with Crippen LogP contribution in [0.1, 0.15) is 39.8 Å². The molecule has 0 spiro atoms. The number of rotatable bonds is 7. The zero-order chi connectivity index (χ0) is 20.7. The Balaban J connectivity index is 2.20. The van der Waals surface area contributed by atoms with Crippen LogP contribution in [0.25, 0.3) is 11.1 Å². The third-order valence-electron chi connectivity index (χ3n) is 3.73. The van der Waals surface area contributed by atoms with Crippen LogP contribution in [-0.4, -0.2) is 36.3 Å². The van der Waals surface area contributed by atoms with Crippen LogP contribution in [0.4, 0.5) is 13.2 Å². The summed E-state index contributed by atoms with van der Waals surface area (Å²) in [7, 11) is 0. The Hall–Kier alpha value is -3.23. The van der Waals surface area contributed by atoms with Crippen LogP contribution in [0.2, 0.25) is 0 Å². The van der Waals surface area contributed by atoms with E-state index in [1.165, 1.54) is 18.2 Å². The van der Waals surface area contributed by atoms with Gasteiger partial charge in [0.15, 0.2) is 6.29 Å². The van der Waals surface area contributed by atoms with Gasteiger partial charge < -0.3 is 10.1 Å². The van der Waals surface area contributed by atoms with Crippen LogP contribution >= 0.6 is 0 Å². The Kier molecular flexibility index (Phi) is 6.86. The highest BCUT2D eigenvalue weighted by molar-refractivity contribution is 5.93. The Morgan fingerprint density at radius 3 is 2.54 bits per heavy atom. The maximum Gasteiger partial charge on any atom is 0.417 e. The molecule has 0 fully saturated rings. The Bertz CT molecular complexity index is 864. The minimum absolute atomic E-state index is 0.0146. The standard InChI is InChI=1S/C19H17F3N2O4/c1-2-28-16(26)8-9-23-18(27)15-7-6-12(10-24-15)17-13(11-25)4-3-5-14(17)19(20,21)22/h3-7,10-11H,2,8-9H2,1H3,(H,23,27). The average molecular weight is 394 g/mol. The van der Waals surface area contributed by atoms with Gasteiger partial charge in [-0.2, -0.15) is 13.2 Å². The molecule has 6 nitrogen and oxygen atoms in total. The van der Waals surface area contributed by atoms with Crippen LogP contribution < -0.4 is 5.32 Å². The number of alkyl halides is 3. The van der Waals surface area contributed by atoms with Crippen LogP contribution in [0.3, 0.4) is 0 Å². The molecule has 1 heterocycles. The second kappa shape index (κ2) is 9.12. The number of pyridine rings is 1. The summed E-state index contributed by atoms with van der Waals surface area (Å²) < 4.78 is 44.6. The number of hydrogen-bond acceptors (Lipinski definition) is 5. The second-order valence-electron chi connectivity index (χ2n) is 5.63.